The Morgan fingerprint density at radius 1 is 1.35 bits per heavy atom. The van der Waals surface area contributed by atoms with Crippen molar-refractivity contribution in [2.24, 2.45) is 5.92 Å². The summed E-state index contributed by atoms with van der Waals surface area (Å²) in [4.78, 5) is 11.6. The molecule has 17 heavy (non-hydrogen) atoms. The van der Waals surface area contributed by atoms with Crippen molar-refractivity contribution in [1.82, 2.24) is 10.6 Å². The second-order valence-corrected chi connectivity index (χ2v) is 5.12. The highest BCUT2D eigenvalue weighted by molar-refractivity contribution is 5.75. The Morgan fingerprint density at radius 2 is 2.29 bits per heavy atom. The van der Waals surface area contributed by atoms with Crippen LogP contribution in [0.25, 0.3) is 0 Å². The van der Waals surface area contributed by atoms with Crippen molar-refractivity contribution < 1.29 is 9.53 Å². The van der Waals surface area contributed by atoms with Crippen molar-refractivity contribution in [2.45, 2.75) is 44.6 Å². The van der Waals surface area contributed by atoms with Gasteiger partial charge in [-0.15, -0.1) is 0 Å². The van der Waals surface area contributed by atoms with Gasteiger partial charge in [-0.05, 0) is 38.0 Å². The maximum absolute atomic E-state index is 11.6. The van der Waals surface area contributed by atoms with Gasteiger partial charge in [0, 0.05) is 32.7 Å². The van der Waals surface area contributed by atoms with Crippen LogP contribution in [0.1, 0.15) is 38.5 Å². The van der Waals surface area contributed by atoms with Gasteiger partial charge in [-0.3, -0.25) is 4.79 Å². The summed E-state index contributed by atoms with van der Waals surface area (Å²) >= 11 is 0. The molecule has 1 radical (unpaired) electrons. The van der Waals surface area contributed by atoms with Gasteiger partial charge in [-0.2, -0.15) is 0 Å². The number of nitrogens with zero attached hydrogens (tertiary/aromatic N) is 1. The van der Waals surface area contributed by atoms with Gasteiger partial charge < -0.3 is 10.1 Å². The number of piperidine rings is 1. The summed E-state index contributed by atoms with van der Waals surface area (Å²) in [7, 11) is 0. The number of rotatable bonds is 5. The molecule has 2 fully saturated rings. The smallest absolute Gasteiger partial charge is 0.220 e. The van der Waals surface area contributed by atoms with Gasteiger partial charge in [0.05, 0.1) is 6.10 Å². The van der Waals surface area contributed by atoms with E-state index in [1.807, 2.05) is 0 Å². The number of amides is 1. The Hall–Kier alpha value is -0.610. The van der Waals surface area contributed by atoms with Gasteiger partial charge in [0.1, 0.15) is 0 Å². The minimum absolute atomic E-state index is 0.172. The summed E-state index contributed by atoms with van der Waals surface area (Å²) in [5.41, 5.74) is 0. The van der Waals surface area contributed by atoms with Gasteiger partial charge in [-0.25, -0.2) is 5.32 Å². The third-order valence-electron chi connectivity index (χ3n) is 3.65. The predicted molar refractivity (Wildman–Crippen MR) is 65.8 cm³/mol. The third-order valence-corrected chi connectivity index (χ3v) is 3.65. The minimum atomic E-state index is 0.172. The lowest BCUT2D eigenvalue weighted by Gasteiger charge is -2.21. The first-order valence-electron chi connectivity index (χ1n) is 6.86. The lowest BCUT2D eigenvalue weighted by atomic mass is 9.94. The SMILES string of the molecule is O=C(CCC1CCC[N]C1)NCC1CCCO1. The van der Waals surface area contributed by atoms with E-state index >= 15 is 0 Å². The van der Waals surface area contributed by atoms with Gasteiger partial charge in [0.15, 0.2) is 0 Å². The van der Waals surface area contributed by atoms with E-state index in [2.05, 4.69) is 10.6 Å². The van der Waals surface area contributed by atoms with Gasteiger partial charge >= 0.3 is 0 Å². The Labute approximate surface area is 103 Å². The van der Waals surface area contributed by atoms with E-state index in [0.29, 0.717) is 18.9 Å². The number of ether oxygens (including phenoxy) is 1. The van der Waals surface area contributed by atoms with Crippen molar-refractivity contribution in [3.05, 3.63) is 0 Å². The molecular weight excluding hydrogens is 216 g/mol. The van der Waals surface area contributed by atoms with Crippen LogP contribution in [0.5, 0.6) is 0 Å². The summed E-state index contributed by atoms with van der Waals surface area (Å²) in [6.45, 7) is 3.51. The second-order valence-electron chi connectivity index (χ2n) is 5.12. The maximum Gasteiger partial charge on any atom is 0.220 e. The summed E-state index contributed by atoms with van der Waals surface area (Å²) in [5, 5.41) is 7.36. The van der Waals surface area contributed by atoms with Gasteiger partial charge in [-0.1, -0.05) is 0 Å². The molecule has 2 atom stereocenters. The van der Waals surface area contributed by atoms with Crippen LogP contribution in [0.3, 0.4) is 0 Å². The molecule has 1 N–H and O–H groups in total. The average Bonchev–Trinajstić information content (AvgIpc) is 2.88. The van der Waals surface area contributed by atoms with E-state index in [4.69, 9.17) is 4.74 Å². The summed E-state index contributed by atoms with van der Waals surface area (Å²) < 4.78 is 5.47. The Balaban J connectivity index is 1.53. The highest BCUT2D eigenvalue weighted by atomic mass is 16.5. The van der Waals surface area contributed by atoms with Crippen LogP contribution in [0, 0.1) is 5.92 Å². The molecule has 97 valence electrons. The molecule has 0 aromatic heterocycles. The molecule has 4 nitrogen and oxygen atoms in total. The molecule has 0 saturated carbocycles. The Bertz CT molecular complexity index is 234. The normalized spacial score (nSPS) is 29.2. The molecule has 0 spiro atoms. The zero-order valence-corrected chi connectivity index (χ0v) is 10.5. The Morgan fingerprint density at radius 3 is 3.00 bits per heavy atom. The number of carbonyl (C=O) groups is 1. The lowest BCUT2D eigenvalue weighted by molar-refractivity contribution is -0.121. The van der Waals surface area contributed by atoms with Gasteiger partial charge in [0.2, 0.25) is 5.91 Å². The van der Waals surface area contributed by atoms with E-state index in [0.717, 1.165) is 39.0 Å². The zero-order chi connectivity index (χ0) is 11.9. The second kappa shape index (κ2) is 6.97. The topological polar surface area (TPSA) is 52.4 Å². The van der Waals surface area contributed by atoms with Crippen LogP contribution in [0.2, 0.25) is 0 Å². The molecule has 4 heteroatoms. The first-order valence-corrected chi connectivity index (χ1v) is 6.86. The molecular formula is C13H23N2O2. The molecule has 0 aromatic rings. The molecule has 2 saturated heterocycles. The van der Waals surface area contributed by atoms with Crippen molar-refractivity contribution in [3.63, 3.8) is 0 Å². The van der Waals surface area contributed by atoms with Crippen molar-refractivity contribution in [1.29, 1.82) is 0 Å². The molecule has 2 heterocycles. The molecule has 2 aliphatic heterocycles. The molecule has 2 aliphatic rings. The van der Waals surface area contributed by atoms with Crippen molar-refractivity contribution in [3.8, 4) is 0 Å². The monoisotopic (exact) mass is 239 g/mol. The van der Waals surface area contributed by atoms with Crippen molar-refractivity contribution in [2.75, 3.05) is 26.2 Å². The van der Waals surface area contributed by atoms with Crippen molar-refractivity contribution >= 4 is 5.91 Å². The quantitative estimate of drug-likeness (QED) is 0.780. The van der Waals surface area contributed by atoms with Crippen LogP contribution in [0.15, 0.2) is 0 Å². The van der Waals surface area contributed by atoms with E-state index in [1.165, 1.54) is 12.8 Å². The van der Waals surface area contributed by atoms with Crippen LogP contribution in [-0.4, -0.2) is 38.3 Å². The average molecular weight is 239 g/mol. The van der Waals surface area contributed by atoms with Crippen LogP contribution in [0.4, 0.5) is 0 Å². The van der Waals surface area contributed by atoms with E-state index < -0.39 is 0 Å². The largest absolute Gasteiger partial charge is 0.376 e. The van der Waals surface area contributed by atoms with Crippen LogP contribution in [-0.2, 0) is 9.53 Å². The molecule has 2 unspecified atom stereocenters. The van der Waals surface area contributed by atoms with Crippen LogP contribution < -0.4 is 10.6 Å². The summed E-state index contributed by atoms with van der Waals surface area (Å²) in [6.07, 6.45) is 6.54. The lowest BCUT2D eigenvalue weighted by Crippen LogP contribution is -2.32. The summed E-state index contributed by atoms with van der Waals surface area (Å²) in [6, 6.07) is 0. The maximum atomic E-state index is 11.6. The highest BCUT2D eigenvalue weighted by Crippen LogP contribution is 2.16. The highest BCUT2D eigenvalue weighted by Gasteiger charge is 2.18. The summed E-state index contributed by atoms with van der Waals surface area (Å²) in [5.74, 6) is 0.809. The fraction of sp³-hybridized carbons (Fsp3) is 0.923. The minimum Gasteiger partial charge on any atom is -0.376 e. The van der Waals surface area contributed by atoms with Gasteiger partial charge in [0.25, 0.3) is 0 Å². The number of nitrogens with one attached hydrogen (secondary N) is 1. The fourth-order valence-electron chi connectivity index (χ4n) is 2.55. The van der Waals surface area contributed by atoms with E-state index in [-0.39, 0.29) is 12.0 Å². The third kappa shape index (κ3) is 4.64. The number of hydrogen-bond acceptors (Lipinski definition) is 2. The number of hydrogen-bond donors (Lipinski definition) is 1. The fourth-order valence-corrected chi connectivity index (χ4v) is 2.55. The number of carbonyl (C=O) groups excluding carboxylic acids is 1. The predicted octanol–water partition coefficient (Wildman–Crippen LogP) is 1.08. The van der Waals surface area contributed by atoms with E-state index in [1.54, 1.807) is 0 Å². The molecule has 0 aromatic carbocycles. The standard InChI is InChI=1S/C13H23N2O2/c16-13(15-10-12-4-2-8-17-12)6-5-11-3-1-7-14-9-11/h11-12H,1-10H2,(H,15,16). The van der Waals surface area contributed by atoms with E-state index in [9.17, 15) is 4.79 Å². The molecule has 2 rings (SSSR count). The zero-order valence-electron chi connectivity index (χ0n) is 10.5. The molecule has 0 aliphatic carbocycles. The first kappa shape index (κ1) is 12.8. The van der Waals surface area contributed by atoms with Crippen LogP contribution >= 0.6 is 0 Å². The molecule has 0 bridgehead atoms. The Kier molecular flexibility index (Phi) is 5.26. The first-order chi connectivity index (χ1) is 8.34. The molecule has 1 amide bonds.